The van der Waals surface area contributed by atoms with Gasteiger partial charge in [-0.2, -0.15) is 0 Å². The Morgan fingerprint density at radius 1 is 1.07 bits per heavy atom. The molecule has 6 nitrogen and oxygen atoms in total. The predicted molar refractivity (Wildman–Crippen MR) is 107 cm³/mol. The molecule has 1 aromatic carbocycles. The Balaban J connectivity index is 1.58. The second-order valence-electron chi connectivity index (χ2n) is 6.80. The number of nitrogens with one attached hydrogen (secondary N) is 1. The number of nitrogens with two attached hydrogens (primary N) is 1. The molecule has 2 aromatic heterocycles. The summed E-state index contributed by atoms with van der Waals surface area (Å²) in [6.07, 6.45) is 9.10. The van der Waals surface area contributed by atoms with Gasteiger partial charge in [0.1, 0.15) is 0 Å². The van der Waals surface area contributed by atoms with Crippen molar-refractivity contribution in [2.45, 2.75) is 43.2 Å². The van der Waals surface area contributed by atoms with Crippen LogP contribution in [0.4, 0.5) is 0 Å². The lowest BCUT2D eigenvalue weighted by Gasteiger charge is -2.19. The summed E-state index contributed by atoms with van der Waals surface area (Å²) in [6.45, 7) is 1.84. The minimum atomic E-state index is -3.60. The summed E-state index contributed by atoms with van der Waals surface area (Å²) >= 11 is 0. The molecule has 0 fully saturated rings. The summed E-state index contributed by atoms with van der Waals surface area (Å²) in [5.41, 5.74) is 7.32. The quantitative estimate of drug-likeness (QED) is 0.622. The smallest absolute Gasteiger partial charge is 0.240 e. The Morgan fingerprint density at radius 3 is 2.67 bits per heavy atom. The highest BCUT2D eigenvalue weighted by molar-refractivity contribution is 7.89. The molecular weight excluding hydrogens is 360 g/mol. The molecule has 0 saturated carbocycles. The zero-order valence-corrected chi connectivity index (χ0v) is 16.1. The van der Waals surface area contributed by atoms with Crippen molar-refractivity contribution < 1.29 is 8.42 Å². The van der Waals surface area contributed by atoms with Gasteiger partial charge in [0.25, 0.3) is 0 Å². The summed E-state index contributed by atoms with van der Waals surface area (Å²) in [4.78, 5) is 8.38. The van der Waals surface area contributed by atoms with Gasteiger partial charge in [-0.15, -0.1) is 0 Å². The number of hydrogen-bond acceptors (Lipinski definition) is 5. The summed E-state index contributed by atoms with van der Waals surface area (Å²) in [5, 5.41) is 1.75. The van der Waals surface area contributed by atoms with Crippen molar-refractivity contribution in [2.24, 2.45) is 5.73 Å². The van der Waals surface area contributed by atoms with Gasteiger partial charge >= 0.3 is 0 Å². The molecule has 7 heteroatoms. The molecule has 0 spiro atoms. The van der Waals surface area contributed by atoms with Crippen molar-refractivity contribution in [2.75, 3.05) is 0 Å². The van der Waals surface area contributed by atoms with E-state index in [1.807, 2.05) is 25.3 Å². The van der Waals surface area contributed by atoms with Gasteiger partial charge in [0, 0.05) is 42.3 Å². The Kier molecular flexibility index (Phi) is 6.15. The summed E-state index contributed by atoms with van der Waals surface area (Å²) in [5.74, 6) is 0. The number of aromatic nitrogens is 2. The maximum Gasteiger partial charge on any atom is 0.240 e. The average molecular weight is 385 g/mol. The first-order chi connectivity index (χ1) is 12.9. The van der Waals surface area contributed by atoms with Crippen LogP contribution in [0.15, 0.2) is 66.1 Å². The number of benzene rings is 1. The van der Waals surface area contributed by atoms with Crippen LogP contribution in [-0.4, -0.2) is 30.5 Å². The minimum absolute atomic E-state index is 0.0921. The van der Waals surface area contributed by atoms with Crippen LogP contribution in [0.3, 0.4) is 0 Å². The van der Waals surface area contributed by atoms with Crippen molar-refractivity contribution in [1.82, 2.24) is 14.7 Å². The zero-order valence-electron chi connectivity index (χ0n) is 15.2. The molecule has 0 aliphatic heterocycles. The van der Waals surface area contributed by atoms with Crippen LogP contribution in [0.1, 0.15) is 25.3 Å². The first-order valence-corrected chi connectivity index (χ1v) is 10.4. The molecule has 3 N–H and O–H groups in total. The standard InChI is InChI=1S/C20H24N4O2S/c1-15(11-19(21)6-4-16-3-2-9-22-13-16)24-27(25,26)20-7-5-18-14-23-10-8-17(18)12-20/h2-3,5,7-10,12-15,19,24H,4,6,11,21H2,1H3/t15-,19?/m1/s1. The Bertz CT molecular complexity index is 993. The Hall–Kier alpha value is -2.35. The lowest BCUT2D eigenvalue weighted by Crippen LogP contribution is -2.37. The summed E-state index contributed by atoms with van der Waals surface area (Å²) in [7, 11) is -3.60. The van der Waals surface area contributed by atoms with Gasteiger partial charge < -0.3 is 5.73 Å². The van der Waals surface area contributed by atoms with E-state index in [0.717, 1.165) is 29.2 Å². The fourth-order valence-electron chi connectivity index (χ4n) is 3.08. The van der Waals surface area contributed by atoms with E-state index >= 15 is 0 Å². The SMILES string of the molecule is C[C@H](CC(N)CCc1cccnc1)NS(=O)(=O)c1ccc2cnccc2c1. The topological polar surface area (TPSA) is 98.0 Å². The molecule has 2 atom stereocenters. The highest BCUT2D eigenvalue weighted by Gasteiger charge is 2.19. The normalized spacial score (nSPS) is 14.1. The number of hydrogen-bond donors (Lipinski definition) is 2. The number of sulfonamides is 1. The number of pyridine rings is 2. The van der Waals surface area contributed by atoms with Crippen molar-refractivity contribution in [3.63, 3.8) is 0 Å². The number of nitrogens with zero attached hydrogens (tertiary/aromatic N) is 2. The molecule has 0 bridgehead atoms. The van der Waals surface area contributed by atoms with E-state index in [-0.39, 0.29) is 17.0 Å². The molecule has 0 saturated heterocycles. The van der Waals surface area contributed by atoms with E-state index in [1.165, 1.54) is 0 Å². The molecule has 142 valence electrons. The Labute approximate surface area is 159 Å². The molecule has 0 aliphatic rings. The van der Waals surface area contributed by atoms with Crippen molar-refractivity contribution >= 4 is 20.8 Å². The third kappa shape index (κ3) is 5.32. The maximum absolute atomic E-state index is 12.7. The lowest BCUT2D eigenvalue weighted by atomic mass is 10.0. The van der Waals surface area contributed by atoms with Crippen molar-refractivity contribution in [1.29, 1.82) is 0 Å². The number of aryl methyl sites for hydroxylation is 1. The van der Waals surface area contributed by atoms with Gasteiger partial charge in [0.15, 0.2) is 0 Å². The van der Waals surface area contributed by atoms with E-state index < -0.39 is 10.0 Å². The second-order valence-corrected chi connectivity index (χ2v) is 8.52. The molecule has 3 aromatic rings. The molecule has 2 heterocycles. The van der Waals surface area contributed by atoms with Gasteiger partial charge in [-0.3, -0.25) is 9.97 Å². The number of fused-ring (bicyclic) bond motifs is 1. The van der Waals surface area contributed by atoms with E-state index in [2.05, 4.69) is 14.7 Å². The van der Waals surface area contributed by atoms with Gasteiger partial charge in [-0.05, 0) is 61.4 Å². The van der Waals surface area contributed by atoms with E-state index in [1.54, 1.807) is 42.9 Å². The highest BCUT2D eigenvalue weighted by Crippen LogP contribution is 2.18. The largest absolute Gasteiger partial charge is 0.328 e. The van der Waals surface area contributed by atoms with Crippen LogP contribution in [0.2, 0.25) is 0 Å². The first kappa shape index (κ1) is 19.4. The molecule has 0 aliphatic carbocycles. The van der Waals surface area contributed by atoms with E-state index in [9.17, 15) is 8.42 Å². The fourth-order valence-corrected chi connectivity index (χ4v) is 4.37. The minimum Gasteiger partial charge on any atom is -0.328 e. The number of rotatable bonds is 8. The summed E-state index contributed by atoms with van der Waals surface area (Å²) < 4.78 is 28.1. The first-order valence-electron chi connectivity index (χ1n) is 8.94. The van der Waals surface area contributed by atoms with Crippen LogP contribution in [-0.2, 0) is 16.4 Å². The average Bonchev–Trinajstić information content (AvgIpc) is 2.66. The highest BCUT2D eigenvalue weighted by atomic mass is 32.2. The molecule has 0 radical (unpaired) electrons. The Morgan fingerprint density at radius 2 is 1.89 bits per heavy atom. The van der Waals surface area contributed by atoms with Gasteiger partial charge in [-0.1, -0.05) is 12.1 Å². The maximum atomic E-state index is 12.7. The molecule has 1 unspecified atom stereocenters. The fraction of sp³-hybridized carbons (Fsp3) is 0.300. The van der Waals surface area contributed by atoms with Gasteiger partial charge in [-0.25, -0.2) is 13.1 Å². The van der Waals surface area contributed by atoms with Crippen LogP contribution in [0.25, 0.3) is 10.8 Å². The molecule has 27 heavy (non-hydrogen) atoms. The second kappa shape index (κ2) is 8.56. The summed E-state index contributed by atoms with van der Waals surface area (Å²) in [6, 6.07) is 10.4. The van der Waals surface area contributed by atoms with Crippen LogP contribution >= 0.6 is 0 Å². The third-order valence-corrected chi connectivity index (χ3v) is 6.05. The van der Waals surface area contributed by atoms with Crippen molar-refractivity contribution in [3.8, 4) is 0 Å². The van der Waals surface area contributed by atoms with Crippen LogP contribution in [0.5, 0.6) is 0 Å². The monoisotopic (exact) mass is 384 g/mol. The predicted octanol–water partition coefficient (Wildman–Crippen LogP) is 2.65. The van der Waals surface area contributed by atoms with Crippen LogP contribution < -0.4 is 10.5 Å². The molecule has 3 rings (SSSR count). The third-order valence-electron chi connectivity index (χ3n) is 4.46. The molecular formula is C20H24N4O2S. The van der Waals surface area contributed by atoms with Crippen molar-refractivity contribution in [3.05, 3.63) is 66.7 Å². The lowest BCUT2D eigenvalue weighted by molar-refractivity contribution is 0.484. The zero-order chi connectivity index (χ0) is 19.3. The van der Waals surface area contributed by atoms with Gasteiger partial charge in [0.05, 0.1) is 4.90 Å². The van der Waals surface area contributed by atoms with Gasteiger partial charge in [0.2, 0.25) is 10.0 Å². The molecule has 0 amide bonds. The van der Waals surface area contributed by atoms with E-state index in [0.29, 0.717) is 6.42 Å². The van der Waals surface area contributed by atoms with Crippen LogP contribution in [0, 0.1) is 0 Å². The van der Waals surface area contributed by atoms with E-state index in [4.69, 9.17) is 5.73 Å².